The fourth-order valence-electron chi connectivity index (χ4n) is 4.06. The molecule has 0 rings (SSSR count). The van der Waals surface area contributed by atoms with Gasteiger partial charge in [0.1, 0.15) is 0 Å². The quantitative estimate of drug-likeness (QED) is 0.0902. The second kappa shape index (κ2) is 29.2. The molecule has 2 amide bonds. The number of carbonyl (C=O) groups excluding carboxylic acids is 2. The highest BCUT2D eigenvalue weighted by Gasteiger charge is 2.02. The minimum atomic E-state index is 0.0135. The Morgan fingerprint density at radius 3 is 1.49 bits per heavy atom. The Balaban J connectivity index is 3.59. The van der Waals surface area contributed by atoms with Crippen LogP contribution in [0.3, 0.4) is 0 Å². The number of nitrogens with one attached hydrogen (secondary N) is 2. The SMILES string of the molecule is COCCOCCNC(=O)CCCCCC/C(C)=C/CC/C=C(\C)CCCCCCC(=O)NCCOCCO. The molecule has 0 atom stereocenters. The summed E-state index contributed by atoms with van der Waals surface area (Å²) in [5.74, 6) is 0.196. The highest BCUT2D eigenvalue weighted by molar-refractivity contribution is 5.76. The van der Waals surface area contributed by atoms with E-state index in [1.165, 1.54) is 30.4 Å². The van der Waals surface area contributed by atoms with Crippen LogP contribution in [0.25, 0.3) is 0 Å². The predicted molar refractivity (Wildman–Crippen MR) is 159 cm³/mol. The molecule has 8 heteroatoms. The zero-order valence-electron chi connectivity index (χ0n) is 25.2. The molecule has 0 aromatic carbocycles. The van der Waals surface area contributed by atoms with Crippen LogP contribution in [0.1, 0.15) is 104 Å². The highest BCUT2D eigenvalue weighted by atomic mass is 16.5. The van der Waals surface area contributed by atoms with Crippen molar-refractivity contribution in [1.29, 1.82) is 0 Å². The van der Waals surface area contributed by atoms with E-state index in [0.717, 1.165) is 57.8 Å². The van der Waals surface area contributed by atoms with Crippen molar-refractivity contribution in [3.05, 3.63) is 23.3 Å². The molecule has 3 N–H and O–H groups in total. The Labute approximate surface area is 238 Å². The minimum Gasteiger partial charge on any atom is -0.394 e. The molecule has 0 aliphatic rings. The summed E-state index contributed by atoms with van der Waals surface area (Å²) in [5, 5.41) is 14.4. The number of amides is 2. The summed E-state index contributed by atoms with van der Waals surface area (Å²) in [6.07, 6.45) is 19.1. The van der Waals surface area contributed by atoms with Gasteiger partial charge in [-0.25, -0.2) is 0 Å². The molecule has 0 aliphatic heterocycles. The number of aliphatic hydroxyl groups is 1. The van der Waals surface area contributed by atoms with Gasteiger partial charge in [0.05, 0.1) is 39.6 Å². The normalized spacial score (nSPS) is 12.1. The predicted octanol–water partition coefficient (Wildman–Crippen LogP) is 5.24. The number of carbonyl (C=O) groups is 2. The molecular weight excluding hydrogens is 496 g/mol. The number of ether oxygens (including phenoxy) is 3. The topological polar surface area (TPSA) is 106 Å². The summed E-state index contributed by atoms with van der Waals surface area (Å²) in [4.78, 5) is 23.6. The van der Waals surface area contributed by atoms with E-state index in [0.29, 0.717) is 59.0 Å². The van der Waals surface area contributed by atoms with Gasteiger partial charge in [0.2, 0.25) is 11.8 Å². The minimum absolute atomic E-state index is 0.0135. The summed E-state index contributed by atoms with van der Waals surface area (Å²) in [5.41, 5.74) is 2.93. The van der Waals surface area contributed by atoms with E-state index < -0.39 is 0 Å². The van der Waals surface area contributed by atoms with Gasteiger partial charge in [-0.05, 0) is 65.2 Å². The Morgan fingerprint density at radius 2 is 1.05 bits per heavy atom. The van der Waals surface area contributed by atoms with Crippen LogP contribution in [-0.4, -0.2) is 76.8 Å². The lowest BCUT2D eigenvalue weighted by Gasteiger charge is -2.06. The number of aliphatic hydroxyl groups excluding tert-OH is 1. The first-order valence-electron chi connectivity index (χ1n) is 15.1. The van der Waals surface area contributed by atoms with Crippen LogP contribution in [0.5, 0.6) is 0 Å². The molecule has 0 aliphatic carbocycles. The molecule has 8 nitrogen and oxygen atoms in total. The van der Waals surface area contributed by atoms with Crippen molar-refractivity contribution in [3.8, 4) is 0 Å². The largest absolute Gasteiger partial charge is 0.394 e. The first-order chi connectivity index (χ1) is 19.0. The van der Waals surface area contributed by atoms with E-state index in [1.54, 1.807) is 7.11 Å². The summed E-state index contributed by atoms with van der Waals surface area (Å²) < 4.78 is 15.4. The lowest BCUT2D eigenvalue weighted by molar-refractivity contribution is -0.122. The first-order valence-corrected chi connectivity index (χ1v) is 15.1. The van der Waals surface area contributed by atoms with Gasteiger partial charge in [-0.15, -0.1) is 0 Å². The molecule has 39 heavy (non-hydrogen) atoms. The van der Waals surface area contributed by atoms with Gasteiger partial charge in [0, 0.05) is 33.0 Å². The molecule has 0 radical (unpaired) electrons. The summed E-state index contributed by atoms with van der Waals surface area (Å²) in [6, 6.07) is 0. The van der Waals surface area contributed by atoms with Crippen molar-refractivity contribution in [1.82, 2.24) is 10.6 Å². The maximum absolute atomic E-state index is 11.8. The van der Waals surface area contributed by atoms with Crippen molar-refractivity contribution in [2.75, 3.05) is 59.8 Å². The van der Waals surface area contributed by atoms with Crippen molar-refractivity contribution in [2.24, 2.45) is 0 Å². The number of methoxy groups -OCH3 is 1. The standard InChI is InChI=1S/C31H58N2O6/c1-28(14-8-4-6-10-18-30(35)32-20-23-38-25-22-34)16-12-13-17-29(2)15-9-5-7-11-19-31(36)33-21-24-39-27-26-37-3/h16-17,34H,4-15,18-27H2,1-3H3,(H,32,35)(H,33,36)/b28-16+,29-17+. The smallest absolute Gasteiger partial charge is 0.220 e. The van der Waals surface area contributed by atoms with Gasteiger partial charge in [-0.1, -0.05) is 49.0 Å². The molecule has 0 aromatic rings. The van der Waals surface area contributed by atoms with Gasteiger partial charge in [0.15, 0.2) is 0 Å². The lowest BCUT2D eigenvalue weighted by Crippen LogP contribution is -2.27. The molecule has 0 aromatic heterocycles. The van der Waals surface area contributed by atoms with Gasteiger partial charge in [-0.3, -0.25) is 9.59 Å². The lowest BCUT2D eigenvalue weighted by atomic mass is 10.0. The second-order valence-electron chi connectivity index (χ2n) is 10.1. The van der Waals surface area contributed by atoms with Crippen LogP contribution in [0.15, 0.2) is 23.3 Å². The molecular formula is C31H58N2O6. The van der Waals surface area contributed by atoms with Crippen LogP contribution in [0.4, 0.5) is 0 Å². The van der Waals surface area contributed by atoms with Crippen LogP contribution < -0.4 is 10.6 Å². The molecule has 0 heterocycles. The van der Waals surface area contributed by atoms with Gasteiger partial charge < -0.3 is 30.0 Å². The highest BCUT2D eigenvalue weighted by Crippen LogP contribution is 2.14. The number of rotatable bonds is 28. The fraction of sp³-hybridized carbons (Fsp3) is 0.806. The van der Waals surface area contributed by atoms with E-state index in [-0.39, 0.29) is 18.4 Å². The first kappa shape index (κ1) is 37.3. The zero-order chi connectivity index (χ0) is 28.8. The number of unbranched alkanes of at least 4 members (excludes halogenated alkanes) is 7. The third-order valence-electron chi connectivity index (χ3n) is 6.41. The van der Waals surface area contributed by atoms with Crippen molar-refractivity contribution in [3.63, 3.8) is 0 Å². The average molecular weight is 555 g/mol. The maximum atomic E-state index is 11.8. The van der Waals surface area contributed by atoms with Crippen LogP contribution in [0, 0.1) is 0 Å². The summed E-state index contributed by atoms with van der Waals surface area (Å²) >= 11 is 0. The second-order valence-corrected chi connectivity index (χ2v) is 10.1. The van der Waals surface area contributed by atoms with Crippen molar-refractivity contribution in [2.45, 2.75) is 104 Å². The van der Waals surface area contributed by atoms with Crippen molar-refractivity contribution < 1.29 is 28.9 Å². The van der Waals surface area contributed by atoms with Gasteiger partial charge in [-0.2, -0.15) is 0 Å². The monoisotopic (exact) mass is 554 g/mol. The molecule has 228 valence electrons. The number of hydrogen-bond donors (Lipinski definition) is 3. The molecule has 0 saturated heterocycles. The maximum Gasteiger partial charge on any atom is 0.220 e. The third-order valence-corrected chi connectivity index (χ3v) is 6.41. The summed E-state index contributed by atoms with van der Waals surface area (Å²) in [7, 11) is 1.64. The fourth-order valence-corrected chi connectivity index (χ4v) is 4.06. The van der Waals surface area contributed by atoms with E-state index in [9.17, 15) is 9.59 Å². The Kier molecular flexibility index (Phi) is 27.9. The molecule has 0 unspecified atom stereocenters. The Bertz CT molecular complexity index is 651. The van der Waals surface area contributed by atoms with Gasteiger partial charge in [0.25, 0.3) is 0 Å². The number of allylic oxidation sites excluding steroid dienone is 4. The number of hydrogen-bond acceptors (Lipinski definition) is 6. The molecule has 0 saturated carbocycles. The third kappa shape index (κ3) is 29.1. The van der Waals surface area contributed by atoms with E-state index in [1.807, 2.05) is 0 Å². The van der Waals surface area contributed by atoms with E-state index in [4.69, 9.17) is 19.3 Å². The molecule has 0 bridgehead atoms. The summed E-state index contributed by atoms with van der Waals surface area (Å²) in [6.45, 7) is 7.98. The van der Waals surface area contributed by atoms with E-state index in [2.05, 4.69) is 36.6 Å². The zero-order valence-corrected chi connectivity index (χ0v) is 25.2. The average Bonchev–Trinajstić information content (AvgIpc) is 2.92. The van der Waals surface area contributed by atoms with Gasteiger partial charge >= 0.3 is 0 Å². The molecule has 0 spiro atoms. The van der Waals surface area contributed by atoms with Crippen LogP contribution >= 0.6 is 0 Å². The Hall–Kier alpha value is -1.74. The van der Waals surface area contributed by atoms with Crippen molar-refractivity contribution >= 4 is 11.8 Å². The van der Waals surface area contributed by atoms with Crippen LogP contribution in [-0.2, 0) is 23.8 Å². The molecule has 0 fully saturated rings. The Morgan fingerprint density at radius 1 is 0.615 bits per heavy atom. The van der Waals surface area contributed by atoms with E-state index >= 15 is 0 Å². The van der Waals surface area contributed by atoms with Crippen LogP contribution in [0.2, 0.25) is 0 Å².